The summed E-state index contributed by atoms with van der Waals surface area (Å²) in [4.78, 5) is 10.6. The number of aliphatic carboxylic acids is 1. The lowest BCUT2D eigenvalue weighted by Crippen LogP contribution is -1.94. The van der Waals surface area contributed by atoms with Crippen molar-refractivity contribution in [1.82, 2.24) is 0 Å². The second-order valence-corrected chi connectivity index (χ2v) is 2.40. The smallest absolute Gasteiger partial charge is 0.344 e. The SMILES string of the molecule is O=C(O)C1=CC=CC=NS1. The summed E-state index contributed by atoms with van der Waals surface area (Å²) in [6, 6.07) is 0. The van der Waals surface area contributed by atoms with E-state index in [0.29, 0.717) is 0 Å². The van der Waals surface area contributed by atoms with Gasteiger partial charge in [-0.3, -0.25) is 0 Å². The zero-order chi connectivity index (χ0) is 7.40. The lowest BCUT2D eigenvalue weighted by Gasteiger charge is -1.90. The van der Waals surface area contributed by atoms with Crippen LogP contribution in [0.15, 0.2) is 27.5 Å². The van der Waals surface area contributed by atoms with Crippen LogP contribution in [-0.2, 0) is 4.79 Å². The van der Waals surface area contributed by atoms with E-state index in [-0.39, 0.29) is 4.91 Å². The molecule has 0 aromatic rings. The highest BCUT2D eigenvalue weighted by atomic mass is 32.2. The van der Waals surface area contributed by atoms with Gasteiger partial charge in [0.2, 0.25) is 0 Å². The highest BCUT2D eigenvalue weighted by Crippen LogP contribution is 2.17. The molecule has 1 rings (SSSR count). The molecule has 1 aliphatic rings. The van der Waals surface area contributed by atoms with Crippen molar-refractivity contribution in [3.05, 3.63) is 23.1 Å². The van der Waals surface area contributed by atoms with Crippen molar-refractivity contribution < 1.29 is 9.90 Å². The van der Waals surface area contributed by atoms with E-state index in [1.165, 1.54) is 6.08 Å². The van der Waals surface area contributed by atoms with Gasteiger partial charge in [-0.1, -0.05) is 6.08 Å². The molecule has 1 N–H and O–H groups in total. The quantitative estimate of drug-likeness (QED) is 0.579. The van der Waals surface area contributed by atoms with Gasteiger partial charge in [-0.25, -0.2) is 9.19 Å². The molecule has 0 saturated heterocycles. The third-order valence-corrected chi connectivity index (χ3v) is 1.60. The fourth-order valence-electron chi connectivity index (χ4n) is 0.456. The summed E-state index contributed by atoms with van der Waals surface area (Å²) in [6.07, 6.45) is 6.40. The van der Waals surface area contributed by atoms with Crippen LogP contribution in [0.4, 0.5) is 0 Å². The molecule has 0 aliphatic carbocycles. The van der Waals surface area contributed by atoms with Gasteiger partial charge in [-0.15, -0.1) is 0 Å². The topological polar surface area (TPSA) is 49.7 Å². The molecule has 52 valence electrons. The van der Waals surface area contributed by atoms with Crippen LogP contribution in [0.5, 0.6) is 0 Å². The average Bonchev–Trinajstić information content (AvgIpc) is 2.12. The van der Waals surface area contributed by atoms with Crippen LogP contribution in [0.2, 0.25) is 0 Å². The molecule has 0 unspecified atom stereocenters. The Kier molecular flexibility index (Phi) is 2.28. The lowest BCUT2D eigenvalue weighted by molar-refractivity contribution is -0.131. The third-order valence-electron chi connectivity index (χ3n) is 0.867. The van der Waals surface area contributed by atoms with Gasteiger partial charge in [-0.05, 0) is 12.2 Å². The van der Waals surface area contributed by atoms with Crippen molar-refractivity contribution in [3.8, 4) is 0 Å². The molecule has 1 heterocycles. The van der Waals surface area contributed by atoms with Gasteiger partial charge in [0.15, 0.2) is 0 Å². The maximum Gasteiger partial charge on any atom is 0.344 e. The van der Waals surface area contributed by atoms with Crippen molar-refractivity contribution >= 4 is 24.1 Å². The predicted octanol–water partition coefficient (Wildman–Crippen LogP) is 1.24. The first-order valence-corrected chi connectivity index (χ1v) is 3.38. The van der Waals surface area contributed by atoms with Crippen LogP contribution in [-0.4, -0.2) is 17.3 Å². The van der Waals surface area contributed by atoms with Gasteiger partial charge >= 0.3 is 5.97 Å². The zero-order valence-corrected chi connectivity index (χ0v) is 5.84. The maximum atomic E-state index is 10.3. The standard InChI is InChI=1S/C6H5NO2S/c8-6(9)5-3-1-2-4-7-10-5/h1-4H,(H,8,9). The van der Waals surface area contributed by atoms with Crippen molar-refractivity contribution in [1.29, 1.82) is 0 Å². The molecular weight excluding hydrogens is 150 g/mol. The van der Waals surface area contributed by atoms with E-state index in [2.05, 4.69) is 4.40 Å². The van der Waals surface area contributed by atoms with Crippen LogP contribution < -0.4 is 0 Å². The van der Waals surface area contributed by atoms with Crippen molar-refractivity contribution in [2.45, 2.75) is 0 Å². The van der Waals surface area contributed by atoms with Crippen molar-refractivity contribution in [2.24, 2.45) is 4.40 Å². The first-order chi connectivity index (χ1) is 4.80. The number of hydrogen-bond acceptors (Lipinski definition) is 3. The molecule has 0 aromatic heterocycles. The molecule has 0 spiro atoms. The molecule has 0 amide bonds. The molecule has 0 aromatic carbocycles. The van der Waals surface area contributed by atoms with E-state index < -0.39 is 5.97 Å². The van der Waals surface area contributed by atoms with Crippen molar-refractivity contribution in [3.63, 3.8) is 0 Å². The van der Waals surface area contributed by atoms with Gasteiger partial charge in [0, 0.05) is 18.2 Å². The fraction of sp³-hybridized carbons (Fsp3) is 0. The van der Waals surface area contributed by atoms with Crippen LogP contribution in [0, 0.1) is 0 Å². The highest BCUT2D eigenvalue weighted by molar-refractivity contribution is 8.02. The highest BCUT2D eigenvalue weighted by Gasteiger charge is 2.05. The predicted molar refractivity (Wildman–Crippen MR) is 40.9 cm³/mol. The number of carboxylic acid groups (broad SMARTS) is 1. The second-order valence-electron chi connectivity index (χ2n) is 1.57. The number of carbonyl (C=O) groups is 1. The molecule has 0 radical (unpaired) electrons. The number of carboxylic acids is 1. The molecule has 1 aliphatic heterocycles. The van der Waals surface area contributed by atoms with E-state index in [4.69, 9.17) is 5.11 Å². The Morgan fingerprint density at radius 1 is 1.60 bits per heavy atom. The summed E-state index contributed by atoms with van der Waals surface area (Å²) in [5.74, 6) is -0.936. The second kappa shape index (κ2) is 3.22. The number of rotatable bonds is 1. The van der Waals surface area contributed by atoms with E-state index in [9.17, 15) is 4.79 Å². The summed E-state index contributed by atoms with van der Waals surface area (Å²) in [7, 11) is 0. The summed E-state index contributed by atoms with van der Waals surface area (Å²) < 4.78 is 3.73. The number of allylic oxidation sites excluding steroid dienone is 3. The molecule has 4 heteroatoms. The minimum absolute atomic E-state index is 0.241. The summed E-state index contributed by atoms with van der Waals surface area (Å²) in [5.41, 5.74) is 0. The Balaban J connectivity index is 2.78. The largest absolute Gasteiger partial charge is 0.477 e. The molecule has 3 nitrogen and oxygen atoms in total. The molecule has 0 atom stereocenters. The van der Waals surface area contributed by atoms with Gasteiger partial charge in [0.25, 0.3) is 0 Å². The van der Waals surface area contributed by atoms with Crippen LogP contribution in [0.25, 0.3) is 0 Å². The Hall–Kier alpha value is -1.03. The van der Waals surface area contributed by atoms with E-state index in [0.717, 1.165) is 11.9 Å². The molecule has 10 heavy (non-hydrogen) atoms. The molecule has 0 fully saturated rings. The normalized spacial score (nSPS) is 16.2. The molecule has 0 saturated carbocycles. The van der Waals surface area contributed by atoms with Gasteiger partial charge in [0.05, 0.1) is 0 Å². The van der Waals surface area contributed by atoms with E-state index >= 15 is 0 Å². The Morgan fingerprint density at radius 3 is 3.10 bits per heavy atom. The first-order valence-electron chi connectivity index (χ1n) is 2.61. The average molecular weight is 155 g/mol. The monoisotopic (exact) mass is 155 g/mol. The summed E-state index contributed by atoms with van der Waals surface area (Å²) >= 11 is 0.961. The van der Waals surface area contributed by atoms with Crippen LogP contribution >= 0.6 is 11.9 Å². The van der Waals surface area contributed by atoms with Crippen LogP contribution in [0.1, 0.15) is 0 Å². The van der Waals surface area contributed by atoms with Gasteiger partial charge in [-0.2, -0.15) is 0 Å². The number of nitrogens with zero attached hydrogens (tertiary/aromatic N) is 1. The van der Waals surface area contributed by atoms with Gasteiger partial charge in [0.1, 0.15) is 4.91 Å². The van der Waals surface area contributed by atoms with E-state index in [1.807, 2.05) is 0 Å². The first kappa shape index (κ1) is 7.08. The molecular formula is C6H5NO2S. The number of hydrogen-bond donors (Lipinski definition) is 1. The zero-order valence-electron chi connectivity index (χ0n) is 5.02. The Labute approximate surface area is 62.3 Å². The van der Waals surface area contributed by atoms with Crippen LogP contribution in [0.3, 0.4) is 0 Å². The van der Waals surface area contributed by atoms with Crippen molar-refractivity contribution in [2.75, 3.05) is 0 Å². The minimum atomic E-state index is -0.936. The maximum absolute atomic E-state index is 10.3. The summed E-state index contributed by atoms with van der Waals surface area (Å²) in [6.45, 7) is 0. The minimum Gasteiger partial charge on any atom is -0.477 e. The molecule has 0 bridgehead atoms. The fourth-order valence-corrected chi connectivity index (χ4v) is 0.918. The third kappa shape index (κ3) is 1.73. The lowest BCUT2D eigenvalue weighted by atomic mass is 10.4. The Morgan fingerprint density at radius 2 is 2.40 bits per heavy atom. The Bertz CT molecular complexity index is 230. The van der Waals surface area contributed by atoms with Gasteiger partial charge < -0.3 is 5.11 Å². The van der Waals surface area contributed by atoms with E-state index in [1.54, 1.807) is 18.4 Å². The summed E-state index contributed by atoms with van der Waals surface area (Å²) in [5, 5.41) is 8.47.